The van der Waals surface area contributed by atoms with Gasteiger partial charge in [-0.25, -0.2) is 9.50 Å². The van der Waals surface area contributed by atoms with E-state index in [1.807, 2.05) is 11.1 Å². The normalized spacial score (nSPS) is 17.1. The van der Waals surface area contributed by atoms with Crippen molar-refractivity contribution in [3.8, 4) is 0 Å². The molecule has 0 N–H and O–H groups in total. The molecule has 3 heterocycles. The summed E-state index contributed by atoms with van der Waals surface area (Å²) in [5, 5.41) is 4.43. The molecule has 1 aliphatic rings. The predicted octanol–water partition coefficient (Wildman–Crippen LogP) is 3.89. The topological polar surface area (TPSA) is 50.5 Å². The second-order valence-corrected chi connectivity index (χ2v) is 7.66. The molecule has 0 bridgehead atoms. The van der Waals surface area contributed by atoms with Crippen LogP contribution < -0.4 is 0 Å². The Bertz CT molecular complexity index is 950. The molecule has 4 rings (SSSR count). The number of rotatable bonds is 2. The molecule has 0 aliphatic carbocycles. The van der Waals surface area contributed by atoms with Crippen molar-refractivity contribution in [3.05, 3.63) is 64.0 Å². The fourth-order valence-electron chi connectivity index (χ4n) is 3.65. The van der Waals surface area contributed by atoms with Gasteiger partial charge >= 0.3 is 0 Å². The first-order chi connectivity index (χ1) is 12.0. The van der Waals surface area contributed by atoms with Crippen molar-refractivity contribution in [2.45, 2.75) is 26.3 Å². The molecular formula is C19H19BrN4O. The van der Waals surface area contributed by atoms with E-state index < -0.39 is 0 Å². The van der Waals surface area contributed by atoms with Crippen LogP contribution in [0.2, 0.25) is 0 Å². The highest BCUT2D eigenvalue weighted by molar-refractivity contribution is 9.10. The Hall–Kier alpha value is -2.21. The second-order valence-electron chi connectivity index (χ2n) is 6.74. The number of carbonyl (C=O) groups is 1. The zero-order valence-corrected chi connectivity index (χ0v) is 15.8. The van der Waals surface area contributed by atoms with Crippen molar-refractivity contribution >= 4 is 27.5 Å². The van der Waals surface area contributed by atoms with Crippen LogP contribution in [0, 0.1) is 5.92 Å². The molecule has 128 valence electrons. The molecule has 6 heteroatoms. The number of benzene rings is 1. The predicted molar refractivity (Wildman–Crippen MR) is 99.4 cm³/mol. The van der Waals surface area contributed by atoms with Crippen molar-refractivity contribution in [3.63, 3.8) is 0 Å². The van der Waals surface area contributed by atoms with Crippen LogP contribution in [0.4, 0.5) is 0 Å². The summed E-state index contributed by atoms with van der Waals surface area (Å²) in [6.45, 7) is 5.04. The molecule has 1 atom stereocenters. The monoisotopic (exact) mass is 398 g/mol. The highest BCUT2D eigenvalue weighted by atomic mass is 79.9. The lowest BCUT2D eigenvalue weighted by Gasteiger charge is -2.39. The number of halogens is 1. The van der Waals surface area contributed by atoms with E-state index in [9.17, 15) is 4.79 Å². The zero-order valence-electron chi connectivity index (χ0n) is 14.2. The first-order valence-electron chi connectivity index (χ1n) is 8.44. The van der Waals surface area contributed by atoms with Crippen LogP contribution in [-0.4, -0.2) is 31.9 Å². The number of hydrogen-bond acceptors (Lipinski definition) is 3. The Morgan fingerprint density at radius 1 is 1.32 bits per heavy atom. The van der Waals surface area contributed by atoms with E-state index in [-0.39, 0.29) is 11.9 Å². The third-order valence-electron chi connectivity index (χ3n) is 4.72. The van der Waals surface area contributed by atoms with E-state index in [0.717, 1.165) is 10.9 Å². The molecule has 2 aromatic heterocycles. The van der Waals surface area contributed by atoms with Gasteiger partial charge in [0.25, 0.3) is 5.91 Å². The fourth-order valence-corrected chi connectivity index (χ4v) is 3.95. The van der Waals surface area contributed by atoms with Gasteiger partial charge < -0.3 is 4.90 Å². The van der Waals surface area contributed by atoms with Gasteiger partial charge in [0, 0.05) is 25.0 Å². The van der Waals surface area contributed by atoms with Gasteiger partial charge in [0.15, 0.2) is 11.3 Å². The van der Waals surface area contributed by atoms with Crippen molar-refractivity contribution in [1.29, 1.82) is 0 Å². The summed E-state index contributed by atoms with van der Waals surface area (Å²) >= 11 is 3.38. The third kappa shape index (κ3) is 2.84. The van der Waals surface area contributed by atoms with Crippen molar-refractivity contribution in [2.75, 3.05) is 6.54 Å². The average Bonchev–Trinajstić information content (AvgIpc) is 3.03. The largest absolute Gasteiger partial charge is 0.330 e. The molecule has 0 spiro atoms. The molecule has 0 fully saturated rings. The number of fused-ring (bicyclic) bond motifs is 2. The summed E-state index contributed by atoms with van der Waals surface area (Å²) in [7, 11) is 0. The molecule has 1 aromatic carbocycles. The highest BCUT2D eigenvalue weighted by Gasteiger charge is 2.34. The molecule has 1 amide bonds. The third-order valence-corrected chi connectivity index (χ3v) is 5.13. The Morgan fingerprint density at radius 3 is 2.92 bits per heavy atom. The SMILES string of the molecule is CC(C)C1c2ccccc2CCN1C(=O)c1cc2ncc(Br)cn2n1. The lowest BCUT2D eigenvalue weighted by atomic mass is 9.86. The van der Waals surface area contributed by atoms with E-state index in [1.54, 1.807) is 16.8 Å². The molecule has 1 unspecified atom stereocenters. The van der Waals surface area contributed by atoms with Gasteiger partial charge in [0.2, 0.25) is 0 Å². The summed E-state index contributed by atoms with van der Waals surface area (Å²) in [5.41, 5.74) is 3.70. The van der Waals surface area contributed by atoms with E-state index >= 15 is 0 Å². The Morgan fingerprint density at radius 2 is 2.12 bits per heavy atom. The quantitative estimate of drug-likeness (QED) is 0.657. The molecule has 0 saturated heterocycles. The van der Waals surface area contributed by atoms with Crippen LogP contribution in [0.25, 0.3) is 5.65 Å². The van der Waals surface area contributed by atoms with Gasteiger partial charge in [-0.05, 0) is 39.4 Å². The van der Waals surface area contributed by atoms with Crippen LogP contribution in [-0.2, 0) is 6.42 Å². The number of amides is 1. The molecular weight excluding hydrogens is 380 g/mol. The van der Waals surface area contributed by atoms with Crippen LogP contribution in [0.15, 0.2) is 47.2 Å². The summed E-state index contributed by atoms with van der Waals surface area (Å²) in [4.78, 5) is 19.5. The highest BCUT2D eigenvalue weighted by Crippen LogP contribution is 2.35. The Kier molecular flexibility index (Phi) is 4.07. The average molecular weight is 399 g/mol. The van der Waals surface area contributed by atoms with Crippen LogP contribution in [0.1, 0.15) is 41.5 Å². The number of carbonyl (C=O) groups excluding carboxylic acids is 1. The van der Waals surface area contributed by atoms with Crippen molar-refractivity contribution in [1.82, 2.24) is 19.5 Å². The van der Waals surface area contributed by atoms with Gasteiger partial charge in [-0.15, -0.1) is 0 Å². The second kappa shape index (κ2) is 6.26. The van der Waals surface area contributed by atoms with Gasteiger partial charge in [-0.3, -0.25) is 4.79 Å². The fraction of sp³-hybridized carbons (Fsp3) is 0.316. The smallest absolute Gasteiger partial charge is 0.274 e. The summed E-state index contributed by atoms with van der Waals surface area (Å²) in [6.07, 6.45) is 4.40. The minimum Gasteiger partial charge on any atom is -0.330 e. The first-order valence-corrected chi connectivity index (χ1v) is 9.23. The standard InChI is InChI=1S/C19H19BrN4O/c1-12(2)18-15-6-4-3-5-13(15)7-8-23(18)19(25)16-9-17-21-10-14(20)11-24(17)22-16/h3-6,9-12,18H,7-8H2,1-2H3. The van der Waals surface area contributed by atoms with E-state index in [2.05, 4.69) is 64.1 Å². The zero-order chi connectivity index (χ0) is 17.6. The van der Waals surface area contributed by atoms with Gasteiger partial charge in [0.05, 0.1) is 10.5 Å². The maximum Gasteiger partial charge on any atom is 0.274 e. The molecule has 3 aromatic rings. The number of hydrogen-bond donors (Lipinski definition) is 0. The first kappa shape index (κ1) is 16.3. The maximum atomic E-state index is 13.2. The van der Waals surface area contributed by atoms with E-state index in [0.29, 0.717) is 23.8 Å². The Balaban J connectivity index is 1.73. The van der Waals surface area contributed by atoms with Crippen LogP contribution in [0.5, 0.6) is 0 Å². The number of aromatic nitrogens is 3. The molecule has 25 heavy (non-hydrogen) atoms. The van der Waals surface area contributed by atoms with E-state index in [4.69, 9.17) is 0 Å². The van der Waals surface area contributed by atoms with Crippen LogP contribution in [0.3, 0.4) is 0 Å². The molecule has 5 nitrogen and oxygen atoms in total. The lowest BCUT2D eigenvalue weighted by Crippen LogP contribution is -2.42. The summed E-state index contributed by atoms with van der Waals surface area (Å²) < 4.78 is 2.47. The van der Waals surface area contributed by atoms with Crippen LogP contribution >= 0.6 is 15.9 Å². The Labute approximate surface area is 154 Å². The lowest BCUT2D eigenvalue weighted by molar-refractivity contribution is 0.0597. The van der Waals surface area contributed by atoms with Gasteiger partial charge in [-0.2, -0.15) is 5.10 Å². The summed E-state index contributed by atoms with van der Waals surface area (Å²) in [5.74, 6) is 0.296. The van der Waals surface area contributed by atoms with Crippen molar-refractivity contribution in [2.24, 2.45) is 5.92 Å². The minimum atomic E-state index is -0.0326. The minimum absolute atomic E-state index is 0.0326. The van der Waals surface area contributed by atoms with E-state index in [1.165, 1.54) is 11.1 Å². The molecule has 0 radical (unpaired) electrons. The number of nitrogens with zero attached hydrogens (tertiary/aromatic N) is 4. The molecule has 0 saturated carbocycles. The molecule has 1 aliphatic heterocycles. The van der Waals surface area contributed by atoms with Gasteiger partial charge in [-0.1, -0.05) is 38.1 Å². The van der Waals surface area contributed by atoms with Crippen molar-refractivity contribution < 1.29 is 4.79 Å². The summed E-state index contributed by atoms with van der Waals surface area (Å²) in [6, 6.07) is 10.3. The van der Waals surface area contributed by atoms with Gasteiger partial charge in [0.1, 0.15) is 0 Å². The maximum absolute atomic E-state index is 13.2.